The molecule has 6 rings (SSSR count). The first kappa shape index (κ1) is 23.0. The highest BCUT2D eigenvalue weighted by Crippen LogP contribution is 2.35. The summed E-state index contributed by atoms with van der Waals surface area (Å²) in [5.74, 6) is 0.470. The number of carbonyl (C=O) groups excluding carboxylic acids is 2. The third-order valence-corrected chi connectivity index (χ3v) is 8.55. The van der Waals surface area contributed by atoms with Crippen LogP contribution in [0.25, 0.3) is 11.1 Å². The van der Waals surface area contributed by atoms with Crippen LogP contribution in [0.5, 0.6) is 0 Å². The molecule has 36 heavy (non-hydrogen) atoms. The van der Waals surface area contributed by atoms with Crippen molar-refractivity contribution in [2.24, 2.45) is 0 Å². The number of thiophene rings is 1. The van der Waals surface area contributed by atoms with Crippen LogP contribution < -0.4 is 21.3 Å². The molecule has 2 amide bonds. The Kier molecular flexibility index (Phi) is 5.88. The maximum Gasteiger partial charge on any atom is 0.261 e. The first-order valence-electron chi connectivity index (χ1n) is 12.4. The lowest BCUT2D eigenvalue weighted by molar-refractivity contribution is -0.127. The molecule has 1 fully saturated rings. The van der Waals surface area contributed by atoms with Gasteiger partial charge >= 0.3 is 0 Å². The fourth-order valence-electron chi connectivity index (χ4n) is 5.43. The SMILES string of the molecule is CC(=O)N1CC=C(c2cc(N3CCC[C@@H](NC(=O)c4cc5c(s4)CCNC5)C3)c3c(N)ncnn23)C1. The second kappa shape index (κ2) is 9.21. The fraction of sp³-hybridized carbons (Fsp3) is 0.440. The molecule has 0 bridgehead atoms. The summed E-state index contributed by atoms with van der Waals surface area (Å²) in [5, 5.41) is 11.1. The predicted octanol–water partition coefficient (Wildman–Crippen LogP) is 1.66. The predicted molar refractivity (Wildman–Crippen MR) is 140 cm³/mol. The summed E-state index contributed by atoms with van der Waals surface area (Å²) in [6.07, 6.45) is 6.40. The van der Waals surface area contributed by atoms with Crippen molar-refractivity contribution in [2.45, 2.75) is 38.8 Å². The summed E-state index contributed by atoms with van der Waals surface area (Å²) >= 11 is 1.62. The highest BCUT2D eigenvalue weighted by molar-refractivity contribution is 7.14. The molecule has 0 aliphatic carbocycles. The lowest BCUT2D eigenvalue weighted by atomic mass is 10.0. The zero-order chi connectivity index (χ0) is 24.8. The van der Waals surface area contributed by atoms with Gasteiger partial charge in [-0.2, -0.15) is 5.10 Å². The highest BCUT2D eigenvalue weighted by atomic mass is 32.1. The second-order valence-electron chi connectivity index (χ2n) is 9.69. The van der Waals surface area contributed by atoms with Gasteiger partial charge in [0.15, 0.2) is 5.82 Å². The highest BCUT2D eigenvalue weighted by Gasteiger charge is 2.29. The molecule has 0 radical (unpaired) electrons. The number of amides is 2. The number of nitrogens with two attached hydrogens (primary N) is 1. The van der Waals surface area contributed by atoms with Crippen LogP contribution in [0.15, 0.2) is 24.5 Å². The van der Waals surface area contributed by atoms with E-state index in [1.807, 2.05) is 10.6 Å². The molecule has 11 heteroatoms. The summed E-state index contributed by atoms with van der Waals surface area (Å²) in [4.78, 5) is 35.4. The molecule has 0 saturated carbocycles. The van der Waals surface area contributed by atoms with Crippen molar-refractivity contribution < 1.29 is 9.59 Å². The lowest BCUT2D eigenvalue weighted by Gasteiger charge is -2.34. The van der Waals surface area contributed by atoms with Crippen LogP contribution in [0.3, 0.4) is 0 Å². The van der Waals surface area contributed by atoms with Gasteiger partial charge < -0.3 is 26.2 Å². The van der Waals surface area contributed by atoms with Gasteiger partial charge in [-0.15, -0.1) is 11.3 Å². The zero-order valence-corrected chi connectivity index (χ0v) is 21.1. The Morgan fingerprint density at radius 1 is 1.31 bits per heavy atom. The summed E-state index contributed by atoms with van der Waals surface area (Å²) in [5.41, 5.74) is 11.3. The van der Waals surface area contributed by atoms with Crippen molar-refractivity contribution in [3.05, 3.63) is 45.5 Å². The van der Waals surface area contributed by atoms with Gasteiger partial charge in [-0.1, -0.05) is 6.08 Å². The monoisotopic (exact) mass is 506 g/mol. The number of nitrogens with zero attached hydrogens (tertiary/aromatic N) is 5. The Morgan fingerprint density at radius 3 is 3.00 bits per heavy atom. The maximum absolute atomic E-state index is 13.1. The van der Waals surface area contributed by atoms with E-state index in [1.165, 1.54) is 16.8 Å². The van der Waals surface area contributed by atoms with Crippen LogP contribution in [-0.2, 0) is 17.8 Å². The Morgan fingerprint density at radius 2 is 2.19 bits per heavy atom. The molecule has 0 aromatic carbocycles. The molecule has 188 valence electrons. The van der Waals surface area contributed by atoms with Crippen LogP contribution >= 0.6 is 11.3 Å². The quantitative estimate of drug-likeness (QED) is 0.492. The molecule has 3 aromatic rings. The average Bonchev–Trinajstić information content (AvgIpc) is 3.61. The number of piperidine rings is 1. The number of hydrogen-bond acceptors (Lipinski definition) is 8. The zero-order valence-electron chi connectivity index (χ0n) is 20.3. The van der Waals surface area contributed by atoms with Crippen molar-refractivity contribution in [1.29, 1.82) is 0 Å². The van der Waals surface area contributed by atoms with Crippen LogP contribution in [0.1, 0.15) is 45.6 Å². The minimum Gasteiger partial charge on any atom is -0.382 e. The third kappa shape index (κ3) is 4.11. The first-order valence-corrected chi connectivity index (χ1v) is 13.2. The lowest BCUT2D eigenvalue weighted by Crippen LogP contribution is -2.47. The number of nitrogens with one attached hydrogen (secondary N) is 2. The van der Waals surface area contributed by atoms with Crippen LogP contribution in [0.4, 0.5) is 11.5 Å². The van der Waals surface area contributed by atoms with E-state index in [1.54, 1.807) is 23.2 Å². The Hall–Kier alpha value is -3.44. The number of rotatable bonds is 4. The van der Waals surface area contributed by atoms with Crippen molar-refractivity contribution in [2.75, 3.05) is 43.4 Å². The third-order valence-electron chi connectivity index (χ3n) is 7.32. The molecule has 0 unspecified atom stereocenters. The average molecular weight is 507 g/mol. The van der Waals surface area contributed by atoms with Gasteiger partial charge in [0.1, 0.15) is 11.8 Å². The van der Waals surface area contributed by atoms with E-state index in [4.69, 9.17) is 5.73 Å². The van der Waals surface area contributed by atoms with Crippen molar-refractivity contribution in [1.82, 2.24) is 30.1 Å². The molecule has 0 spiro atoms. The standard InChI is InChI=1S/C25H30N8O2S/c1-15(34)31-8-5-16(12-31)19-10-20(23-24(26)28-14-29-33(19)23)32-7-2-3-18(13-32)30-25(35)22-9-17-11-27-6-4-21(17)36-22/h5,9-10,14,18,27H,2-4,6-8,11-13H2,1H3,(H,30,35)(H2,26,28,29)/t18-/m1/s1. The molecule has 6 heterocycles. The summed E-state index contributed by atoms with van der Waals surface area (Å²) in [6, 6.07) is 4.17. The van der Waals surface area contributed by atoms with E-state index >= 15 is 0 Å². The molecule has 3 aromatic heterocycles. The van der Waals surface area contributed by atoms with Gasteiger partial charge in [0.05, 0.1) is 16.3 Å². The number of aromatic nitrogens is 3. The fourth-order valence-corrected chi connectivity index (χ4v) is 6.52. The maximum atomic E-state index is 13.1. The molecular weight excluding hydrogens is 476 g/mol. The molecule has 3 aliphatic heterocycles. The van der Waals surface area contributed by atoms with E-state index in [9.17, 15) is 9.59 Å². The van der Waals surface area contributed by atoms with Gasteiger partial charge in [0.2, 0.25) is 5.91 Å². The topological polar surface area (TPSA) is 121 Å². The molecular formula is C25H30N8O2S. The van der Waals surface area contributed by atoms with Gasteiger partial charge in [0, 0.05) is 57.1 Å². The van der Waals surface area contributed by atoms with Gasteiger partial charge in [-0.3, -0.25) is 9.59 Å². The largest absolute Gasteiger partial charge is 0.382 e. The van der Waals surface area contributed by atoms with Gasteiger partial charge in [0.25, 0.3) is 5.91 Å². The van der Waals surface area contributed by atoms with Crippen molar-refractivity contribution >= 4 is 45.7 Å². The van der Waals surface area contributed by atoms with E-state index in [2.05, 4.69) is 37.8 Å². The van der Waals surface area contributed by atoms with Crippen molar-refractivity contribution in [3.63, 3.8) is 0 Å². The molecule has 3 aliphatic rings. The molecule has 10 nitrogen and oxygen atoms in total. The number of nitrogen functional groups attached to an aromatic ring is 1. The smallest absolute Gasteiger partial charge is 0.261 e. The summed E-state index contributed by atoms with van der Waals surface area (Å²) in [6.45, 7) is 6.07. The van der Waals surface area contributed by atoms with E-state index < -0.39 is 0 Å². The minimum atomic E-state index is 0.00645. The molecule has 1 saturated heterocycles. The molecule has 1 atom stereocenters. The molecule has 4 N–H and O–H groups in total. The Balaban J connectivity index is 1.24. The van der Waals surface area contributed by atoms with Crippen molar-refractivity contribution in [3.8, 4) is 0 Å². The van der Waals surface area contributed by atoms with Gasteiger partial charge in [-0.25, -0.2) is 9.50 Å². The summed E-state index contributed by atoms with van der Waals surface area (Å²) < 4.78 is 1.83. The first-order chi connectivity index (χ1) is 17.5. The Bertz CT molecular complexity index is 1350. The van der Waals surface area contributed by atoms with Gasteiger partial charge in [-0.05, 0) is 42.5 Å². The van der Waals surface area contributed by atoms with E-state index in [0.29, 0.717) is 25.5 Å². The normalized spacial score (nSPS) is 19.9. The van der Waals surface area contributed by atoms with Crippen LogP contribution in [-0.4, -0.2) is 70.1 Å². The van der Waals surface area contributed by atoms with Crippen LogP contribution in [0.2, 0.25) is 0 Å². The van der Waals surface area contributed by atoms with E-state index in [-0.39, 0.29) is 17.9 Å². The van der Waals surface area contributed by atoms with E-state index in [0.717, 1.165) is 66.2 Å². The summed E-state index contributed by atoms with van der Waals surface area (Å²) in [7, 11) is 0. The number of anilines is 2. The van der Waals surface area contributed by atoms with Crippen LogP contribution in [0, 0.1) is 0 Å². The Labute approximate surface area is 213 Å². The minimum absolute atomic E-state index is 0.00645. The number of carbonyl (C=O) groups is 2. The number of fused-ring (bicyclic) bond motifs is 2. The second-order valence-corrected chi connectivity index (χ2v) is 10.8. The number of hydrogen-bond donors (Lipinski definition) is 3.